The summed E-state index contributed by atoms with van der Waals surface area (Å²) in [4.78, 5) is 11.6. The van der Waals surface area contributed by atoms with Crippen molar-refractivity contribution in [1.29, 1.82) is 0 Å². The van der Waals surface area contributed by atoms with Crippen LogP contribution in [0.25, 0.3) is 0 Å². The lowest BCUT2D eigenvalue weighted by molar-refractivity contribution is 0.171. The van der Waals surface area contributed by atoms with Gasteiger partial charge in [0.05, 0.1) is 18.5 Å². The molecular formula is C15H23N3O5S. The number of nitrogens with one attached hydrogen (secondary N) is 2. The van der Waals surface area contributed by atoms with Crippen LogP contribution in [-0.2, 0) is 10.0 Å². The number of benzene rings is 1. The molecule has 1 aliphatic rings. The molecule has 2 N–H and O–H groups in total. The molecular weight excluding hydrogens is 334 g/mol. The van der Waals surface area contributed by atoms with E-state index in [0.717, 1.165) is 6.26 Å². The minimum atomic E-state index is -3.50. The molecule has 8 nitrogen and oxygen atoms in total. The largest absolute Gasteiger partial charge is 0.486 e. The van der Waals surface area contributed by atoms with Crippen LogP contribution in [0.1, 0.15) is 13.8 Å². The second-order valence-electron chi connectivity index (χ2n) is 5.72. The molecule has 0 spiro atoms. The van der Waals surface area contributed by atoms with Crippen LogP contribution in [-0.4, -0.2) is 53.0 Å². The summed E-state index contributed by atoms with van der Waals surface area (Å²) in [6.45, 7) is 4.88. The quantitative estimate of drug-likeness (QED) is 0.789. The van der Waals surface area contributed by atoms with E-state index in [1.54, 1.807) is 18.2 Å². The monoisotopic (exact) mass is 357 g/mol. The third kappa shape index (κ3) is 4.92. The van der Waals surface area contributed by atoms with Crippen LogP contribution >= 0.6 is 0 Å². The topological polar surface area (TPSA) is 97.0 Å². The highest BCUT2D eigenvalue weighted by molar-refractivity contribution is 7.92. The van der Waals surface area contributed by atoms with Gasteiger partial charge in [0.2, 0.25) is 10.0 Å². The Labute approximate surface area is 142 Å². The minimum absolute atomic E-state index is 0.00815. The summed E-state index contributed by atoms with van der Waals surface area (Å²) in [5, 5.41) is 5.32. The number of ether oxygens (including phenoxy) is 2. The molecule has 134 valence electrons. The van der Waals surface area contributed by atoms with E-state index in [1.807, 2.05) is 13.8 Å². The zero-order valence-corrected chi connectivity index (χ0v) is 14.9. The van der Waals surface area contributed by atoms with Crippen LogP contribution in [0.4, 0.5) is 10.5 Å². The van der Waals surface area contributed by atoms with Gasteiger partial charge in [-0.2, -0.15) is 0 Å². The van der Waals surface area contributed by atoms with Gasteiger partial charge in [-0.1, -0.05) is 0 Å². The van der Waals surface area contributed by atoms with Crippen LogP contribution in [0.3, 0.4) is 0 Å². The smallest absolute Gasteiger partial charge is 0.315 e. The summed E-state index contributed by atoms with van der Waals surface area (Å²) in [6, 6.07) is 4.64. The lowest BCUT2D eigenvalue weighted by atomic mass is 10.2. The number of fused-ring (bicyclic) bond motifs is 1. The van der Waals surface area contributed by atoms with Gasteiger partial charge in [0, 0.05) is 18.7 Å². The Morgan fingerprint density at radius 3 is 2.54 bits per heavy atom. The molecule has 1 heterocycles. The fourth-order valence-electron chi connectivity index (χ4n) is 2.26. The van der Waals surface area contributed by atoms with Gasteiger partial charge >= 0.3 is 6.03 Å². The number of carbonyl (C=O) groups is 1. The summed E-state index contributed by atoms with van der Waals surface area (Å²) >= 11 is 0. The average Bonchev–Trinajstić information content (AvgIpc) is 2.49. The molecule has 1 aliphatic heterocycles. The van der Waals surface area contributed by atoms with E-state index in [1.165, 1.54) is 4.31 Å². The minimum Gasteiger partial charge on any atom is -0.486 e. The van der Waals surface area contributed by atoms with Crippen molar-refractivity contribution in [2.75, 3.05) is 36.9 Å². The summed E-state index contributed by atoms with van der Waals surface area (Å²) in [5.74, 6) is 1.10. The summed E-state index contributed by atoms with van der Waals surface area (Å²) in [5.41, 5.74) is 0.466. The fraction of sp³-hybridized carbons (Fsp3) is 0.533. The van der Waals surface area contributed by atoms with E-state index in [-0.39, 0.29) is 25.2 Å². The highest BCUT2D eigenvalue weighted by atomic mass is 32.2. The molecule has 0 radical (unpaired) electrons. The first-order chi connectivity index (χ1) is 11.3. The van der Waals surface area contributed by atoms with E-state index >= 15 is 0 Å². The molecule has 24 heavy (non-hydrogen) atoms. The van der Waals surface area contributed by atoms with E-state index in [9.17, 15) is 13.2 Å². The van der Waals surface area contributed by atoms with E-state index < -0.39 is 10.0 Å². The Morgan fingerprint density at radius 1 is 1.25 bits per heavy atom. The number of hydrogen-bond donors (Lipinski definition) is 2. The average molecular weight is 357 g/mol. The molecule has 0 fully saturated rings. The Hall–Kier alpha value is -2.16. The summed E-state index contributed by atoms with van der Waals surface area (Å²) in [6.07, 6.45) is 1.12. The normalized spacial score (nSPS) is 13.5. The van der Waals surface area contributed by atoms with Crippen LogP contribution in [0.5, 0.6) is 11.5 Å². The fourth-order valence-corrected chi connectivity index (χ4v) is 3.18. The Balaban J connectivity index is 2.08. The van der Waals surface area contributed by atoms with Gasteiger partial charge in [-0.15, -0.1) is 0 Å². The predicted molar refractivity (Wildman–Crippen MR) is 91.3 cm³/mol. The number of hydrogen-bond acceptors (Lipinski definition) is 5. The zero-order valence-electron chi connectivity index (χ0n) is 14.0. The van der Waals surface area contributed by atoms with Crippen LogP contribution in [0.15, 0.2) is 18.2 Å². The molecule has 1 aromatic carbocycles. The maximum absolute atomic E-state index is 12.1. The van der Waals surface area contributed by atoms with Gasteiger partial charge in [0.25, 0.3) is 0 Å². The number of sulfonamides is 1. The summed E-state index contributed by atoms with van der Waals surface area (Å²) in [7, 11) is -3.50. The highest BCUT2D eigenvalue weighted by Gasteiger charge is 2.20. The van der Waals surface area contributed by atoms with E-state index in [0.29, 0.717) is 30.4 Å². The first-order valence-electron chi connectivity index (χ1n) is 7.69. The molecule has 0 bridgehead atoms. The van der Waals surface area contributed by atoms with Crippen molar-refractivity contribution in [2.24, 2.45) is 0 Å². The first kappa shape index (κ1) is 18.2. The third-order valence-electron chi connectivity index (χ3n) is 3.23. The number of rotatable bonds is 6. The van der Waals surface area contributed by atoms with Gasteiger partial charge in [0.15, 0.2) is 11.5 Å². The SMILES string of the molecule is CC(C)NC(=O)NCCN(c1ccc2c(c1)OCCO2)S(C)(=O)=O. The molecule has 2 rings (SSSR count). The van der Waals surface area contributed by atoms with Crippen molar-refractivity contribution >= 4 is 21.7 Å². The third-order valence-corrected chi connectivity index (χ3v) is 4.43. The Morgan fingerprint density at radius 2 is 1.92 bits per heavy atom. The first-order valence-corrected chi connectivity index (χ1v) is 9.54. The number of nitrogens with zero attached hydrogens (tertiary/aromatic N) is 1. The van der Waals surface area contributed by atoms with Crippen molar-refractivity contribution in [3.63, 3.8) is 0 Å². The van der Waals surface area contributed by atoms with Gasteiger partial charge in [-0.05, 0) is 26.0 Å². The van der Waals surface area contributed by atoms with Gasteiger partial charge in [0.1, 0.15) is 13.2 Å². The maximum atomic E-state index is 12.1. The van der Waals surface area contributed by atoms with E-state index in [2.05, 4.69) is 10.6 Å². The molecule has 0 saturated carbocycles. The molecule has 0 atom stereocenters. The maximum Gasteiger partial charge on any atom is 0.315 e. The highest BCUT2D eigenvalue weighted by Crippen LogP contribution is 2.34. The predicted octanol–water partition coefficient (Wildman–Crippen LogP) is 0.931. The standard InChI is InChI=1S/C15H23N3O5S/c1-11(2)17-15(19)16-6-7-18(24(3,20)21)12-4-5-13-14(10-12)23-9-8-22-13/h4-5,10-11H,6-9H2,1-3H3,(H2,16,17,19). The van der Waals surface area contributed by atoms with Gasteiger partial charge in [-0.3, -0.25) is 4.31 Å². The molecule has 0 aliphatic carbocycles. The lowest BCUT2D eigenvalue weighted by Crippen LogP contribution is -2.43. The zero-order chi connectivity index (χ0) is 17.7. The molecule has 0 unspecified atom stereocenters. The van der Waals surface area contributed by atoms with E-state index in [4.69, 9.17) is 9.47 Å². The Bertz CT molecular complexity index is 690. The van der Waals surface area contributed by atoms with Crippen LogP contribution in [0, 0.1) is 0 Å². The van der Waals surface area contributed by atoms with Crippen molar-refractivity contribution < 1.29 is 22.7 Å². The van der Waals surface area contributed by atoms with Crippen molar-refractivity contribution in [1.82, 2.24) is 10.6 Å². The Kier molecular flexibility index (Phi) is 5.76. The lowest BCUT2D eigenvalue weighted by Gasteiger charge is -2.25. The number of amides is 2. The number of carbonyl (C=O) groups excluding carboxylic acids is 1. The van der Waals surface area contributed by atoms with Gasteiger partial charge in [-0.25, -0.2) is 13.2 Å². The summed E-state index contributed by atoms with van der Waals surface area (Å²) < 4.78 is 36.3. The van der Waals surface area contributed by atoms with Crippen molar-refractivity contribution in [2.45, 2.75) is 19.9 Å². The van der Waals surface area contributed by atoms with Crippen molar-refractivity contribution in [3.05, 3.63) is 18.2 Å². The molecule has 0 saturated heterocycles. The van der Waals surface area contributed by atoms with Crippen LogP contribution < -0.4 is 24.4 Å². The number of urea groups is 1. The molecule has 2 amide bonds. The second kappa shape index (κ2) is 7.61. The number of anilines is 1. The molecule has 0 aromatic heterocycles. The second-order valence-corrected chi connectivity index (χ2v) is 7.62. The molecule has 1 aromatic rings. The van der Waals surface area contributed by atoms with Gasteiger partial charge < -0.3 is 20.1 Å². The van der Waals surface area contributed by atoms with Crippen molar-refractivity contribution in [3.8, 4) is 11.5 Å². The molecule has 9 heteroatoms. The van der Waals surface area contributed by atoms with Crippen LogP contribution in [0.2, 0.25) is 0 Å².